The molecule has 4 nitrogen and oxygen atoms in total. The van der Waals surface area contributed by atoms with Gasteiger partial charge in [0.05, 0.1) is 24.4 Å². The van der Waals surface area contributed by atoms with E-state index >= 15 is 0 Å². The third kappa shape index (κ3) is 2.55. The molecule has 1 fully saturated rings. The van der Waals surface area contributed by atoms with Gasteiger partial charge in [0, 0.05) is 36.9 Å². The van der Waals surface area contributed by atoms with Gasteiger partial charge < -0.3 is 4.74 Å². The van der Waals surface area contributed by atoms with Gasteiger partial charge in [-0.25, -0.2) is 0 Å². The minimum Gasteiger partial charge on any atom is -0.378 e. The normalized spacial score (nSPS) is 20.6. The van der Waals surface area contributed by atoms with Crippen LogP contribution in [0, 0.1) is 0 Å². The number of ether oxygens (including phenoxy) is 1. The molecule has 0 amide bonds. The molecule has 2 heterocycles. The molecule has 0 saturated carbocycles. The van der Waals surface area contributed by atoms with Crippen molar-refractivity contribution in [3.05, 3.63) is 30.0 Å². The third-order valence-electron chi connectivity index (χ3n) is 3.91. The summed E-state index contributed by atoms with van der Waals surface area (Å²) < 4.78 is 7.57. The number of nitrogens with zero attached hydrogens (tertiary/aromatic N) is 3. The molecule has 0 bridgehead atoms. The second-order valence-electron chi connectivity index (χ2n) is 5.13. The smallest absolute Gasteiger partial charge is 0.0843 e. The fraction of sp³-hybridized carbons (Fsp3) is 0.533. The highest BCUT2D eigenvalue weighted by Gasteiger charge is 2.24. The van der Waals surface area contributed by atoms with E-state index in [4.69, 9.17) is 21.4 Å². The quantitative estimate of drug-likeness (QED) is 0.812. The summed E-state index contributed by atoms with van der Waals surface area (Å²) in [6.07, 6.45) is 0. The van der Waals surface area contributed by atoms with E-state index in [2.05, 4.69) is 40.8 Å². The molecule has 0 N–H and O–H groups in total. The molecule has 3 rings (SSSR count). The third-order valence-corrected chi connectivity index (χ3v) is 4.27. The predicted molar refractivity (Wildman–Crippen MR) is 81.1 cm³/mol. The SMILES string of the molecule is CCn1nc(CN2CCOCC2CCl)c2ccccc21. The molecule has 0 aliphatic carbocycles. The number of para-hydroxylation sites is 1. The van der Waals surface area contributed by atoms with Crippen LogP contribution in [0.4, 0.5) is 0 Å². The summed E-state index contributed by atoms with van der Waals surface area (Å²) in [7, 11) is 0. The average molecular weight is 294 g/mol. The van der Waals surface area contributed by atoms with Crippen molar-refractivity contribution >= 4 is 22.5 Å². The first-order valence-corrected chi connectivity index (χ1v) is 7.69. The Bertz CT molecular complexity index is 584. The van der Waals surface area contributed by atoms with Crippen LogP contribution in [0.2, 0.25) is 0 Å². The lowest BCUT2D eigenvalue weighted by Gasteiger charge is -2.33. The van der Waals surface area contributed by atoms with Gasteiger partial charge in [-0.15, -0.1) is 11.6 Å². The van der Waals surface area contributed by atoms with E-state index in [1.165, 1.54) is 10.9 Å². The monoisotopic (exact) mass is 293 g/mol. The Morgan fingerprint density at radius 3 is 3.05 bits per heavy atom. The topological polar surface area (TPSA) is 30.3 Å². The number of aryl methyl sites for hydroxylation is 1. The highest BCUT2D eigenvalue weighted by Crippen LogP contribution is 2.21. The first kappa shape index (κ1) is 13.9. The van der Waals surface area contributed by atoms with Crippen LogP contribution in [0.25, 0.3) is 10.9 Å². The minimum atomic E-state index is 0.288. The Morgan fingerprint density at radius 1 is 1.40 bits per heavy atom. The van der Waals surface area contributed by atoms with Gasteiger partial charge >= 0.3 is 0 Å². The zero-order valence-corrected chi connectivity index (χ0v) is 12.5. The Morgan fingerprint density at radius 2 is 2.25 bits per heavy atom. The zero-order chi connectivity index (χ0) is 13.9. The molecule has 1 unspecified atom stereocenters. The molecule has 1 aliphatic rings. The molecule has 20 heavy (non-hydrogen) atoms. The lowest BCUT2D eigenvalue weighted by Crippen LogP contribution is -2.46. The zero-order valence-electron chi connectivity index (χ0n) is 11.8. The summed E-state index contributed by atoms with van der Waals surface area (Å²) in [6.45, 7) is 6.27. The molecule has 1 aromatic carbocycles. The molecule has 0 spiro atoms. The van der Waals surface area contributed by atoms with Gasteiger partial charge in [-0.05, 0) is 13.0 Å². The van der Waals surface area contributed by atoms with Crippen LogP contribution in [-0.2, 0) is 17.8 Å². The molecule has 1 atom stereocenters. The number of fused-ring (bicyclic) bond motifs is 1. The number of hydrogen-bond acceptors (Lipinski definition) is 3. The standard InChI is InChI=1S/C15H20ClN3O/c1-2-19-15-6-4-3-5-13(15)14(17-19)10-18-7-8-20-11-12(18)9-16/h3-6,12H,2,7-11H2,1H3. The van der Waals surface area contributed by atoms with Gasteiger partial charge in [0.15, 0.2) is 0 Å². The largest absolute Gasteiger partial charge is 0.378 e. The van der Waals surface area contributed by atoms with Crippen molar-refractivity contribution in [2.75, 3.05) is 25.6 Å². The number of hydrogen-bond donors (Lipinski definition) is 0. The van der Waals surface area contributed by atoms with Crippen molar-refractivity contribution in [1.82, 2.24) is 14.7 Å². The first-order chi connectivity index (χ1) is 9.83. The second kappa shape index (κ2) is 6.12. The van der Waals surface area contributed by atoms with Gasteiger partial charge in [-0.2, -0.15) is 5.10 Å². The first-order valence-electron chi connectivity index (χ1n) is 7.15. The maximum absolute atomic E-state index is 6.04. The fourth-order valence-electron chi connectivity index (χ4n) is 2.79. The summed E-state index contributed by atoms with van der Waals surface area (Å²) in [4.78, 5) is 2.38. The van der Waals surface area contributed by atoms with E-state index in [0.717, 1.165) is 38.5 Å². The summed E-state index contributed by atoms with van der Waals surface area (Å²) >= 11 is 6.04. The van der Waals surface area contributed by atoms with E-state index in [1.54, 1.807) is 0 Å². The van der Waals surface area contributed by atoms with E-state index in [0.29, 0.717) is 5.88 Å². The van der Waals surface area contributed by atoms with Crippen molar-refractivity contribution in [3.63, 3.8) is 0 Å². The van der Waals surface area contributed by atoms with Gasteiger partial charge in [0.2, 0.25) is 0 Å². The average Bonchev–Trinajstić information content (AvgIpc) is 2.86. The van der Waals surface area contributed by atoms with Gasteiger partial charge in [0.25, 0.3) is 0 Å². The maximum atomic E-state index is 6.04. The minimum absolute atomic E-state index is 0.288. The number of morpholine rings is 1. The second-order valence-corrected chi connectivity index (χ2v) is 5.44. The summed E-state index contributed by atoms with van der Waals surface area (Å²) in [5, 5.41) is 6.01. The van der Waals surface area contributed by atoms with Crippen LogP contribution >= 0.6 is 11.6 Å². The molecule has 5 heteroatoms. The highest BCUT2D eigenvalue weighted by atomic mass is 35.5. The molecule has 2 aromatic rings. The lowest BCUT2D eigenvalue weighted by atomic mass is 10.1. The van der Waals surface area contributed by atoms with Crippen LogP contribution in [-0.4, -0.2) is 46.4 Å². The Labute approximate surface area is 124 Å². The summed E-state index contributed by atoms with van der Waals surface area (Å²) in [5.41, 5.74) is 2.35. The maximum Gasteiger partial charge on any atom is 0.0843 e. The number of rotatable bonds is 4. The van der Waals surface area contributed by atoms with E-state index < -0.39 is 0 Å². The molecule has 1 aromatic heterocycles. The number of alkyl halides is 1. The lowest BCUT2D eigenvalue weighted by molar-refractivity contribution is -0.00347. The fourth-order valence-corrected chi connectivity index (χ4v) is 3.07. The molecular weight excluding hydrogens is 274 g/mol. The highest BCUT2D eigenvalue weighted by molar-refractivity contribution is 6.18. The molecule has 1 saturated heterocycles. The number of benzene rings is 1. The van der Waals surface area contributed by atoms with E-state index in [9.17, 15) is 0 Å². The number of halogens is 1. The van der Waals surface area contributed by atoms with Gasteiger partial charge in [0.1, 0.15) is 0 Å². The van der Waals surface area contributed by atoms with E-state index in [1.807, 2.05) is 0 Å². The van der Waals surface area contributed by atoms with Crippen LogP contribution < -0.4 is 0 Å². The van der Waals surface area contributed by atoms with Crippen molar-refractivity contribution in [2.45, 2.75) is 26.1 Å². The molecule has 1 aliphatic heterocycles. The summed E-state index contributed by atoms with van der Waals surface area (Å²) in [5.74, 6) is 0.604. The molecule has 0 radical (unpaired) electrons. The predicted octanol–water partition coefficient (Wildman–Crippen LogP) is 2.50. The Hall–Kier alpha value is -1.10. The van der Waals surface area contributed by atoms with Gasteiger partial charge in [-0.1, -0.05) is 18.2 Å². The Balaban J connectivity index is 1.90. The van der Waals surface area contributed by atoms with Crippen LogP contribution in [0.1, 0.15) is 12.6 Å². The van der Waals surface area contributed by atoms with Gasteiger partial charge in [-0.3, -0.25) is 9.58 Å². The Kier molecular flexibility index (Phi) is 4.24. The van der Waals surface area contributed by atoms with E-state index in [-0.39, 0.29) is 6.04 Å². The molecular formula is C15H20ClN3O. The number of aromatic nitrogens is 2. The van der Waals surface area contributed by atoms with Crippen LogP contribution in [0.15, 0.2) is 24.3 Å². The van der Waals surface area contributed by atoms with Crippen molar-refractivity contribution in [2.24, 2.45) is 0 Å². The van der Waals surface area contributed by atoms with Crippen molar-refractivity contribution in [3.8, 4) is 0 Å². The molecule has 108 valence electrons. The van der Waals surface area contributed by atoms with Crippen LogP contribution in [0.5, 0.6) is 0 Å². The van der Waals surface area contributed by atoms with Crippen molar-refractivity contribution < 1.29 is 4.74 Å². The van der Waals surface area contributed by atoms with Crippen molar-refractivity contribution in [1.29, 1.82) is 0 Å². The van der Waals surface area contributed by atoms with Crippen LogP contribution in [0.3, 0.4) is 0 Å². The summed E-state index contributed by atoms with van der Waals surface area (Å²) in [6, 6.07) is 8.71.